The molecule has 1 heterocycles. The van der Waals surface area contributed by atoms with E-state index in [-0.39, 0.29) is 5.76 Å². The van der Waals surface area contributed by atoms with Gasteiger partial charge in [-0.25, -0.2) is 0 Å². The van der Waals surface area contributed by atoms with Crippen molar-refractivity contribution in [2.75, 3.05) is 12.8 Å². The molecule has 0 amide bonds. The Balaban J connectivity index is 2.79. The van der Waals surface area contributed by atoms with Crippen molar-refractivity contribution in [2.24, 2.45) is 0 Å². The van der Waals surface area contributed by atoms with Crippen molar-refractivity contribution < 1.29 is 9.15 Å². The van der Waals surface area contributed by atoms with Crippen molar-refractivity contribution >= 4 is 16.7 Å². The summed E-state index contributed by atoms with van der Waals surface area (Å²) >= 11 is 0. The number of furan rings is 1. The number of nitrogen functional groups attached to an aromatic ring is 1. The molecule has 0 unspecified atom stereocenters. The van der Waals surface area contributed by atoms with E-state index in [9.17, 15) is 0 Å². The zero-order valence-corrected chi connectivity index (χ0v) is 7.57. The van der Waals surface area contributed by atoms with Gasteiger partial charge in [0.1, 0.15) is 6.07 Å². The van der Waals surface area contributed by atoms with E-state index in [2.05, 4.69) is 0 Å². The van der Waals surface area contributed by atoms with Crippen LogP contribution in [-0.4, -0.2) is 7.11 Å². The van der Waals surface area contributed by atoms with Crippen molar-refractivity contribution in [1.29, 1.82) is 5.26 Å². The highest BCUT2D eigenvalue weighted by Crippen LogP contribution is 2.30. The van der Waals surface area contributed by atoms with Gasteiger partial charge in [0.25, 0.3) is 0 Å². The first-order valence-electron chi connectivity index (χ1n) is 4.01. The molecule has 1 aromatic carbocycles. The molecule has 70 valence electrons. The molecule has 2 N–H and O–H groups in total. The number of nitrogens with two attached hydrogens (primary N) is 1. The molecule has 0 spiro atoms. The maximum absolute atomic E-state index is 8.66. The van der Waals surface area contributed by atoms with E-state index in [1.165, 1.54) is 7.11 Å². The van der Waals surface area contributed by atoms with Crippen LogP contribution in [-0.2, 0) is 0 Å². The number of nitrogens with zero attached hydrogens (tertiary/aromatic N) is 1. The van der Waals surface area contributed by atoms with Gasteiger partial charge >= 0.3 is 0 Å². The Hall–Kier alpha value is -2.15. The van der Waals surface area contributed by atoms with Crippen LogP contribution in [0.25, 0.3) is 11.0 Å². The summed E-state index contributed by atoms with van der Waals surface area (Å²) in [6.07, 6.45) is 0. The Morgan fingerprint density at radius 1 is 1.43 bits per heavy atom. The van der Waals surface area contributed by atoms with Crippen molar-refractivity contribution in [2.45, 2.75) is 0 Å². The number of methoxy groups -OCH3 is 1. The second kappa shape index (κ2) is 2.96. The number of benzene rings is 1. The fourth-order valence-corrected chi connectivity index (χ4v) is 1.35. The molecule has 0 aliphatic carbocycles. The first-order valence-corrected chi connectivity index (χ1v) is 4.01. The van der Waals surface area contributed by atoms with Crippen molar-refractivity contribution in [3.05, 3.63) is 24.0 Å². The number of nitriles is 1. The molecular weight excluding hydrogens is 180 g/mol. The van der Waals surface area contributed by atoms with E-state index in [1.807, 2.05) is 6.07 Å². The van der Waals surface area contributed by atoms with Gasteiger partial charge in [-0.1, -0.05) is 0 Å². The monoisotopic (exact) mass is 188 g/mol. The fourth-order valence-electron chi connectivity index (χ4n) is 1.35. The fraction of sp³-hybridized carbons (Fsp3) is 0.100. The summed E-state index contributed by atoms with van der Waals surface area (Å²) in [5, 5.41) is 9.43. The lowest BCUT2D eigenvalue weighted by Crippen LogP contribution is -1.87. The van der Waals surface area contributed by atoms with E-state index in [4.69, 9.17) is 20.1 Å². The van der Waals surface area contributed by atoms with Gasteiger partial charge in [-0.05, 0) is 6.07 Å². The topological polar surface area (TPSA) is 72.2 Å². The predicted octanol–water partition coefficient (Wildman–Crippen LogP) is 1.90. The standard InChI is InChI=1S/C10H8N2O2/c1-13-9-4-7(12)2-6-3-8(5-11)14-10(6)9/h2-4H,12H2,1H3. The van der Waals surface area contributed by atoms with Gasteiger partial charge < -0.3 is 14.9 Å². The van der Waals surface area contributed by atoms with Crippen molar-refractivity contribution in [1.82, 2.24) is 0 Å². The molecule has 4 heteroatoms. The van der Waals surface area contributed by atoms with Crippen LogP contribution in [0, 0.1) is 11.3 Å². The molecule has 4 nitrogen and oxygen atoms in total. The van der Waals surface area contributed by atoms with Crippen LogP contribution in [0.1, 0.15) is 5.76 Å². The van der Waals surface area contributed by atoms with Crippen LogP contribution in [0.4, 0.5) is 5.69 Å². The minimum atomic E-state index is 0.254. The number of ether oxygens (including phenoxy) is 1. The summed E-state index contributed by atoms with van der Waals surface area (Å²) in [6.45, 7) is 0. The molecule has 2 aromatic rings. The number of anilines is 1. The summed E-state index contributed by atoms with van der Waals surface area (Å²) in [7, 11) is 1.53. The second-order valence-electron chi connectivity index (χ2n) is 2.86. The molecular formula is C10H8N2O2. The highest BCUT2D eigenvalue weighted by atomic mass is 16.5. The van der Waals surface area contributed by atoms with E-state index in [1.54, 1.807) is 18.2 Å². The lowest BCUT2D eigenvalue weighted by atomic mass is 10.2. The Morgan fingerprint density at radius 2 is 2.21 bits per heavy atom. The molecule has 0 saturated heterocycles. The van der Waals surface area contributed by atoms with E-state index >= 15 is 0 Å². The minimum Gasteiger partial charge on any atom is -0.493 e. The Morgan fingerprint density at radius 3 is 2.86 bits per heavy atom. The normalized spacial score (nSPS) is 10.0. The molecule has 0 atom stereocenters. The third-order valence-electron chi connectivity index (χ3n) is 1.93. The van der Waals surface area contributed by atoms with Crippen LogP contribution in [0.3, 0.4) is 0 Å². The molecule has 0 saturated carbocycles. The van der Waals surface area contributed by atoms with Gasteiger partial charge in [0.15, 0.2) is 11.3 Å². The zero-order valence-electron chi connectivity index (χ0n) is 7.57. The third kappa shape index (κ3) is 1.15. The maximum atomic E-state index is 8.66. The van der Waals surface area contributed by atoms with E-state index < -0.39 is 0 Å². The molecule has 0 bridgehead atoms. The first-order chi connectivity index (χ1) is 6.74. The number of hydrogen-bond acceptors (Lipinski definition) is 4. The SMILES string of the molecule is COc1cc(N)cc2cc(C#N)oc12. The van der Waals surface area contributed by atoms with Gasteiger partial charge in [-0.15, -0.1) is 0 Å². The second-order valence-corrected chi connectivity index (χ2v) is 2.86. The van der Waals surface area contributed by atoms with Gasteiger partial charge in [-0.3, -0.25) is 0 Å². The van der Waals surface area contributed by atoms with Crippen LogP contribution < -0.4 is 10.5 Å². The largest absolute Gasteiger partial charge is 0.493 e. The highest BCUT2D eigenvalue weighted by Gasteiger charge is 2.09. The highest BCUT2D eigenvalue weighted by molar-refractivity contribution is 5.87. The lowest BCUT2D eigenvalue weighted by molar-refractivity contribution is 0.410. The number of rotatable bonds is 1. The number of fused-ring (bicyclic) bond motifs is 1. The van der Waals surface area contributed by atoms with Crippen molar-refractivity contribution in [3.8, 4) is 11.8 Å². The number of hydrogen-bond donors (Lipinski definition) is 1. The average Bonchev–Trinajstić information content (AvgIpc) is 2.59. The smallest absolute Gasteiger partial charge is 0.205 e. The molecule has 0 fully saturated rings. The van der Waals surface area contributed by atoms with Crippen LogP contribution in [0.5, 0.6) is 5.75 Å². The van der Waals surface area contributed by atoms with Gasteiger partial charge in [0.05, 0.1) is 7.11 Å². The quantitative estimate of drug-likeness (QED) is 0.693. The molecule has 14 heavy (non-hydrogen) atoms. The van der Waals surface area contributed by atoms with Crippen LogP contribution in [0.15, 0.2) is 22.6 Å². The summed E-state index contributed by atoms with van der Waals surface area (Å²) in [5.74, 6) is 0.797. The zero-order chi connectivity index (χ0) is 10.1. The minimum absolute atomic E-state index is 0.254. The first kappa shape index (κ1) is 8.45. The summed E-state index contributed by atoms with van der Waals surface area (Å²) in [4.78, 5) is 0. The van der Waals surface area contributed by atoms with Crippen LogP contribution >= 0.6 is 0 Å². The molecule has 1 aromatic heterocycles. The Kier molecular flexibility index (Phi) is 1.79. The van der Waals surface area contributed by atoms with Crippen molar-refractivity contribution in [3.63, 3.8) is 0 Å². The summed E-state index contributed by atoms with van der Waals surface area (Å²) < 4.78 is 10.3. The molecule has 2 rings (SSSR count). The molecule has 0 aliphatic heterocycles. The molecule has 0 radical (unpaired) electrons. The van der Waals surface area contributed by atoms with Gasteiger partial charge in [0.2, 0.25) is 5.76 Å². The van der Waals surface area contributed by atoms with E-state index in [0.717, 1.165) is 5.39 Å². The maximum Gasteiger partial charge on any atom is 0.205 e. The van der Waals surface area contributed by atoms with E-state index in [0.29, 0.717) is 17.0 Å². The van der Waals surface area contributed by atoms with Gasteiger partial charge in [0, 0.05) is 23.2 Å². The van der Waals surface area contributed by atoms with Gasteiger partial charge in [-0.2, -0.15) is 5.26 Å². The third-order valence-corrected chi connectivity index (χ3v) is 1.93. The molecule has 0 aliphatic rings. The Bertz CT molecular complexity index is 523. The Labute approximate surface area is 80.5 Å². The predicted molar refractivity (Wildman–Crippen MR) is 51.9 cm³/mol. The summed E-state index contributed by atoms with van der Waals surface area (Å²) in [6, 6.07) is 6.96. The average molecular weight is 188 g/mol. The lowest BCUT2D eigenvalue weighted by Gasteiger charge is -2.01. The van der Waals surface area contributed by atoms with Crippen LogP contribution in [0.2, 0.25) is 0 Å². The summed E-state index contributed by atoms with van der Waals surface area (Å²) in [5.41, 5.74) is 6.78.